The predicted molar refractivity (Wildman–Crippen MR) is 134 cm³/mol. The van der Waals surface area contributed by atoms with Crippen LogP contribution < -0.4 is 21.3 Å². The van der Waals surface area contributed by atoms with E-state index >= 15 is 0 Å². The van der Waals surface area contributed by atoms with Gasteiger partial charge in [0.2, 0.25) is 5.91 Å². The molecule has 0 atom stereocenters. The molecule has 36 heavy (non-hydrogen) atoms. The number of hydrogen-bond acceptors (Lipinski definition) is 7. The highest BCUT2D eigenvalue weighted by Crippen LogP contribution is 2.21. The summed E-state index contributed by atoms with van der Waals surface area (Å²) in [5.74, 6) is -0.895. The number of anilines is 1. The molecule has 0 unspecified atom stereocenters. The zero-order valence-corrected chi connectivity index (χ0v) is 20.2. The first-order valence-electron chi connectivity index (χ1n) is 11.0. The molecule has 0 bridgehead atoms. The number of aromatic nitrogens is 3. The van der Waals surface area contributed by atoms with Gasteiger partial charge in [0.25, 0.3) is 5.56 Å². The Bertz CT molecular complexity index is 1620. The van der Waals surface area contributed by atoms with Gasteiger partial charge in [0.1, 0.15) is 12.3 Å². The Kier molecular flexibility index (Phi) is 6.69. The molecule has 10 heteroatoms. The van der Waals surface area contributed by atoms with E-state index in [9.17, 15) is 19.2 Å². The summed E-state index contributed by atoms with van der Waals surface area (Å²) in [6, 6.07) is 15.1. The summed E-state index contributed by atoms with van der Waals surface area (Å²) in [6.45, 7) is 2.92. The number of fused-ring (bicyclic) bond motifs is 1. The molecule has 0 saturated heterocycles. The van der Waals surface area contributed by atoms with Crippen molar-refractivity contribution in [3.8, 4) is 11.4 Å². The van der Waals surface area contributed by atoms with Gasteiger partial charge in [-0.1, -0.05) is 18.2 Å². The van der Waals surface area contributed by atoms with Crippen LogP contribution in [0.25, 0.3) is 16.7 Å². The van der Waals surface area contributed by atoms with Crippen LogP contribution in [0.1, 0.15) is 21.6 Å². The van der Waals surface area contributed by atoms with Crippen molar-refractivity contribution in [1.82, 2.24) is 14.1 Å². The highest BCUT2D eigenvalue weighted by atomic mass is 16.5. The molecule has 4 rings (SSSR count). The summed E-state index contributed by atoms with van der Waals surface area (Å²) in [4.78, 5) is 57.1. The largest absolute Gasteiger partial charge is 0.497 e. The molecule has 10 nitrogen and oxygen atoms in total. The van der Waals surface area contributed by atoms with Crippen LogP contribution in [0, 0.1) is 13.8 Å². The van der Waals surface area contributed by atoms with E-state index in [0.717, 1.165) is 10.1 Å². The van der Waals surface area contributed by atoms with E-state index in [1.54, 1.807) is 49.4 Å². The Morgan fingerprint density at radius 3 is 2.44 bits per heavy atom. The molecular formula is C26H24N4O6. The first kappa shape index (κ1) is 24.4. The summed E-state index contributed by atoms with van der Waals surface area (Å²) >= 11 is 0. The van der Waals surface area contributed by atoms with Gasteiger partial charge >= 0.3 is 11.7 Å². The van der Waals surface area contributed by atoms with E-state index in [1.165, 1.54) is 24.9 Å². The van der Waals surface area contributed by atoms with Crippen LogP contribution in [0.4, 0.5) is 5.69 Å². The molecule has 0 saturated carbocycles. The molecule has 2 heterocycles. The number of aryl methyl sites for hydroxylation is 2. The van der Waals surface area contributed by atoms with Gasteiger partial charge in [-0.2, -0.15) is 0 Å². The lowest BCUT2D eigenvalue weighted by Gasteiger charge is -2.16. The Labute approximate surface area is 205 Å². The fraction of sp³-hybridized carbons (Fsp3) is 0.192. The molecule has 0 spiro atoms. The van der Waals surface area contributed by atoms with Crippen LogP contribution in [-0.4, -0.2) is 40.2 Å². The standard InChI is InChI=1S/C26H24N4O6/c1-15-7-5-8-17(11-15)28-21(31)14-29-24(32)22-20(25(33)36-4)12-16(2)27-23(22)30(26(29)34)18-9-6-10-19(13-18)35-3/h5-13H,14H2,1-4H3,(H,28,31). The minimum absolute atomic E-state index is 0.0333. The fourth-order valence-corrected chi connectivity index (χ4v) is 3.92. The van der Waals surface area contributed by atoms with Gasteiger partial charge in [-0.15, -0.1) is 0 Å². The van der Waals surface area contributed by atoms with E-state index in [0.29, 0.717) is 22.8 Å². The number of pyridine rings is 1. The Balaban J connectivity index is 1.98. The second-order valence-electron chi connectivity index (χ2n) is 8.13. The van der Waals surface area contributed by atoms with Gasteiger partial charge < -0.3 is 14.8 Å². The number of rotatable bonds is 6. The maximum absolute atomic E-state index is 13.7. The summed E-state index contributed by atoms with van der Waals surface area (Å²) in [5.41, 5.74) is 0.466. The van der Waals surface area contributed by atoms with Gasteiger partial charge in [-0.3, -0.25) is 9.59 Å². The average molecular weight is 489 g/mol. The van der Waals surface area contributed by atoms with Crippen LogP contribution in [0.2, 0.25) is 0 Å². The van der Waals surface area contributed by atoms with Crippen molar-refractivity contribution in [1.29, 1.82) is 0 Å². The number of benzene rings is 2. The third kappa shape index (κ3) is 4.61. The number of esters is 1. The number of hydrogen-bond donors (Lipinski definition) is 1. The summed E-state index contributed by atoms with van der Waals surface area (Å²) in [7, 11) is 2.67. The van der Waals surface area contributed by atoms with Crippen molar-refractivity contribution in [2.45, 2.75) is 20.4 Å². The Hall–Kier alpha value is -4.73. The SMILES string of the molecule is COC(=O)c1cc(C)nc2c1c(=O)n(CC(=O)Nc1cccc(C)c1)c(=O)n2-c1cccc(OC)c1. The summed E-state index contributed by atoms with van der Waals surface area (Å²) < 4.78 is 12.1. The smallest absolute Gasteiger partial charge is 0.338 e. The lowest BCUT2D eigenvalue weighted by atomic mass is 10.1. The zero-order valence-electron chi connectivity index (χ0n) is 20.2. The number of nitrogens with zero attached hydrogens (tertiary/aromatic N) is 3. The average Bonchev–Trinajstić information content (AvgIpc) is 2.85. The second kappa shape index (κ2) is 9.87. The van der Waals surface area contributed by atoms with Crippen LogP contribution in [0.15, 0.2) is 64.2 Å². The molecule has 0 fully saturated rings. The lowest BCUT2D eigenvalue weighted by Crippen LogP contribution is -2.43. The molecule has 4 aromatic rings. The van der Waals surface area contributed by atoms with Crippen molar-refractivity contribution in [2.75, 3.05) is 19.5 Å². The topological polar surface area (TPSA) is 122 Å². The van der Waals surface area contributed by atoms with E-state index in [1.807, 2.05) is 13.0 Å². The zero-order chi connectivity index (χ0) is 26.0. The number of methoxy groups -OCH3 is 2. The lowest BCUT2D eigenvalue weighted by molar-refractivity contribution is -0.116. The second-order valence-corrected chi connectivity index (χ2v) is 8.13. The van der Waals surface area contributed by atoms with Crippen LogP contribution in [-0.2, 0) is 16.1 Å². The molecule has 184 valence electrons. The van der Waals surface area contributed by atoms with E-state index in [2.05, 4.69) is 10.3 Å². The van der Waals surface area contributed by atoms with E-state index < -0.39 is 29.7 Å². The van der Waals surface area contributed by atoms with Gasteiger partial charge in [0, 0.05) is 17.4 Å². The maximum atomic E-state index is 13.7. The number of carbonyl (C=O) groups excluding carboxylic acids is 2. The maximum Gasteiger partial charge on any atom is 0.338 e. The van der Waals surface area contributed by atoms with Crippen molar-refractivity contribution in [3.05, 3.63) is 92.3 Å². The highest BCUT2D eigenvalue weighted by Gasteiger charge is 2.24. The number of nitrogens with one attached hydrogen (secondary N) is 1. The van der Waals surface area contributed by atoms with Crippen LogP contribution in [0.5, 0.6) is 5.75 Å². The number of carbonyl (C=O) groups is 2. The molecule has 2 aromatic heterocycles. The fourth-order valence-electron chi connectivity index (χ4n) is 3.92. The quantitative estimate of drug-likeness (QED) is 0.414. The molecule has 1 N–H and O–H groups in total. The van der Waals surface area contributed by atoms with Gasteiger partial charge in [0.05, 0.1) is 30.9 Å². The Morgan fingerprint density at radius 1 is 1.00 bits per heavy atom. The first-order valence-corrected chi connectivity index (χ1v) is 11.0. The molecule has 0 radical (unpaired) electrons. The van der Waals surface area contributed by atoms with Gasteiger partial charge in [-0.25, -0.2) is 23.7 Å². The molecule has 2 aromatic carbocycles. The van der Waals surface area contributed by atoms with E-state index in [4.69, 9.17) is 9.47 Å². The molecule has 0 aliphatic rings. The van der Waals surface area contributed by atoms with Crippen molar-refractivity contribution >= 4 is 28.6 Å². The third-order valence-corrected chi connectivity index (χ3v) is 5.54. The highest BCUT2D eigenvalue weighted by molar-refractivity contribution is 6.02. The monoisotopic (exact) mass is 488 g/mol. The van der Waals surface area contributed by atoms with Crippen molar-refractivity contribution in [2.24, 2.45) is 0 Å². The molecule has 0 aliphatic heterocycles. The molecular weight excluding hydrogens is 464 g/mol. The van der Waals surface area contributed by atoms with Crippen LogP contribution in [0.3, 0.4) is 0 Å². The molecule has 0 aliphatic carbocycles. The normalized spacial score (nSPS) is 10.8. The van der Waals surface area contributed by atoms with Crippen molar-refractivity contribution in [3.63, 3.8) is 0 Å². The van der Waals surface area contributed by atoms with Crippen molar-refractivity contribution < 1.29 is 19.1 Å². The third-order valence-electron chi connectivity index (χ3n) is 5.54. The van der Waals surface area contributed by atoms with Gasteiger partial charge in [0.15, 0.2) is 5.65 Å². The van der Waals surface area contributed by atoms with Gasteiger partial charge in [-0.05, 0) is 49.7 Å². The number of amides is 1. The molecule has 1 amide bonds. The Morgan fingerprint density at radius 2 is 1.75 bits per heavy atom. The van der Waals surface area contributed by atoms with Crippen LogP contribution >= 0.6 is 0 Å². The summed E-state index contributed by atoms with van der Waals surface area (Å²) in [6.07, 6.45) is 0. The summed E-state index contributed by atoms with van der Waals surface area (Å²) in [5, 5.41) is 2.55. The number of ether oxygens (including phenoxy) is 2. The van der Waals surface area contributed by atoms with E-state index in [-0.39, 0.29) is 16.6 Å². The first-order chi connectivity index (χ1) is 17.2. The predicted octanol–water partition coefficient (Wildman–Crippen LogP) is 2.60. The minimum Gasteiger partial charge on any atom is -0.497 e. The minimum atomic E-state index is -0.832.